The summed E-state index contributed by atoms with van der Waals surface area (Å²) in [5, 5.41) is 17.0. The van der Waals surface area contributed by atoms with E-state index in [1.165, 1.54) is 12.4 Å². The zero-order valence-electron chi connectivity index (χ0n) is 4.98. The number of aromatic nitrogens is 2. The van der Waals surface area contributed by atoms with Crippen molar-refractivity contribution in [2.75, 3.05) is 0 Å². The Bertz CT molecular complexity index is 219. The van der Waals surface area contributed by atoms with Crippen molar-refractivity contribution < 1.29 is 15.0 Å². The molecular formula is C5H6N2O3. The molecule has 5 nitrogen and oxygen atoms in total. The van der Waals surface area contributed by atoms with Gasteiger partial charge < -0.3 is 15.2 Å². The van der Waals surface area contributed by atoms with E-state index in [1.54, 1.807) is 0 Å². The van der Waals surface area contributed by atoms with Crippen LogP contribution in [-0.2, 0) is 4.79 Å². The zero-order chi connectivity index (χ0) is 7.56. The van der Waals surface area contributed by atoms with Crippen molar-refractivity contribution in [2.24, 2.45) is 0 Å². The maximum absolute atomic E-state index is 10.1. The molecule has 0 amide bonds. The number of nitrogens with one attached hydrogen (secondary N) is 1. The number of nitrogens with zero attached hydrogens (tertiary/aromatic N) is 1. The Morgan fingerprint density at radius 1 is 1.80 bits per heavy atom. The predicted molar refractivity (Wildman–Crippen MR) is 31.2 cm³/mol. The van der Waals surface area contributed by atoms with E-state index in [0.717, 1.165) is 0 Å². The number of aliphatic hydroxyl groups is 1. The summed E-state index contributed by atoms with van der Waals surface area (Å²) in [5.74, 6) is -1.26. The lowest BCUT2D eigenvalue weighted by molar-refractivity contribution is -0.147. The molecule has 5 heteroatoms. The number of carbonyl (C=O) groups is 1. The van der Waals surface area contributed by atoms with Crippen molar-refractivity contribution in [3.63, 3.8) is 0 Å². The maximum Gasteiger partial charge on any atom is 0.340 e. The van der Waals surface area contributed by atoms with Gasteiger partial charge in [0, 0.05) is 12.4 Å². The monoisotopic (exact) mass is 142 g/mol. The SMILES string of the molecule is O=C(O)C(O)c1ncc[nH]1. The normalized spacial score (nSPS) is 12.9. The molecule has 3 N–H and O–H groups in total. The van der Waals surface area contributed by atoms with Crippen LogP contribution < -0.4 is 0 Å². The zero-order valence-corrected chi connectivity index (χ0v) is 4.98. The van der Waals surface area contributed by atoms with Gasteiger partial charge >= 0.3 is 5.97 Å². The first-order valence-electron chi connectivity index (χ1n) is 2.62. The van der Waals surface area contributed by atoms with Gasteiger partial charge in [0.15, 0.2) is 0 Å². The number of aromatic amines is 1. The summed E-state index contributed by atoms with van der Waals surface area (Å²) in [6.45, 7) is 0. The molecule has 1 rings (SSSR count). The topological polar surface area (TPSA) is 86.2 Å². The Morgan fingerprint density at radius 3 is 2.90 bits per heavy atom. The lowest BCUT2D eigenvalue weighted by Crippen LogP contribution is -2.11. The minimum absolute atomic E-state index is 0.0486. The Kier molecular flexibility index (Phi) is 1.68. The van der Waals surface area contributed by atoms with Crippen molar-refractivity contribution in [3.8, 4) is 0 Å². The first kappa shape index (κ1) is 6.76. The Morgan fingerprint density at radius 2 is 2.50 bits per heavy atom. The van der Waals surface area contributed by atoms with Crippen LogP contribution in [0.1, 0.15) is 11.9 Å². The van der Waals surface area contributed by atoms with E-state index in [-0.39, 0.29) is 5.82 Å². The minimum atomic E-state index is -1.55. The van der Waals surface area contributed by atoms with Crippen molar-refractivity contribution in [3.05, 3.63) is 18.2 Å². The van der Waals surface area contributed by atoms with Gasteiger partial charge in [-0.15, -0.1) is 0 Å². The number of aliphatic carboxylic acids is 1. The molecule has 1 atom stereocenters. The first-order chi connectivity index (χ1) is 4.72. The molecule has 0 saturated heterocycles. The van der Waals surface area contributed by atoms with Crippen LogP contribution in [0.5, 0.6) is 0 Å². The van der Waals surface area contributed by atoms with Gasteiger partial charge in [0.05, 0.1) is 0 Å². The van der Waals surface area contributed by atoms with Gasteiger partial charge in [-0.2, -0.15) is 0 Å². The van der Waals surface area contributed by atoms with Gasteiger partial charge in [0.2, 0.25) is 6.10 Å². The molecule has 1 heterocycles. The molecule has 0 fully saturated rings. The van der Waals surface area contributed by atoms with Crippen molar-refractivity contribution in [2.45, 2.75) is 6.10 Å². The summed E-state index contributed by atoms with van der Waals surface area (Å²) >= 11 is 0. The third-order valence-electron chi connectivity index (χ3n) is 1.01. The average molecular weight is 142 g/mol. The van der Waals surface area contributed by atoms with E-state index < -0.39 is 12.1 Å². The highest BCUT2D eigenvalue weighted by molar-refractivity contribution is 5.72. The second kappa shape index (κ2) is 2.49. The second-order valence-corrected chi connectivity index (χ2v) is 1.72. The number of hydrogen-bond donors (Lipinski definition) is 3. The van der Waals surface area contributed by atoms with Gasteiger partial charge in [-0.05, 0) is 0 Å². The van der Waals surface area contributed by atoms with Crippen LogP contribution >= 0.6 is 0 Å². The molecular weight excluding hydrogens is 136 g/mol. The van der Waals surface area contributed by atoms with E-state index in [2.05, 4.69) is 9.97 Å². The third-order valence-corrected chi connectivity index (χ3v) is 1.01. The molecule has 1 aromatic heterocycles. The smallest absolute Gasteiger partial charge is 0.340 e. The molecule has 0 aliphatic carbocycles. The van der Waals surface area contributed by atoms with E-state index in [1.807, 2.05) is 0 Å². The number of hydrogen-bond acceptors (Lipinski definition) is 3. The maximum atomic E-state index is 10.1. The second-order valence-electron chi connectivity index (χ2n) is 1.72. The van der Waals surface area contributed by atoms with E-state index in [0.29, 0.717) is 0 Å². The lowest BCUT2D eigenvalue weighted by Gasteiger charge is -1.98. The average Bonchev–Trinajstić information content (AvgIpc) is 2.36. The fraction of sp³-hybridized carbons (Fsp3) is 0.200. The Balaban J connectivity index is 2.77. The van der Waals surface area contributed by atoms with Crippen LogP contribution in [-0.4, -0.2) is 26.2 Å². The van der Waals surface area contributed by atoms with Gasteiger partial charge in [0.1, 0.15) is 5.82 Å². The molecule has 0 aliphatic rings. The molecule has 0 saturated carbocycles. The number of carboxylic acids is 1. The molecule has 0 radical (unpaired) electrons. The van der Waals surface area contributed by atoms with Crippen molar-refractivity contribution >= 4 is 5.97 Å². The highest BCUT2D eigenvalue weighted by Gasteiger charge is 2.17. The number of rotatable bonds is 2. The van der Waals surface area contributed by atoms with Crippen molar-refractivity contribution in [1.82, 2.24) is 9.97 Å². The molecule has 10 heavy (non-hydrogen) atoms. The van der Waals surface area contributed by atoms with Crippen LogP contribution in [0.2, 0.25) is 0 Å². The first-order valence-corrected chi connectivity index (χ1v) is 2.62. The number of H-pyrrole nitrogens is 1. The molecule has 0 aliphatic heterocycles. The molecule has 0 bridgehead atoms. The highest BCUT2D eigenvalue weighted by atomic mass is 16.4. The Labute approximate surface area is 56.3 Å². The van der Waals surface area contributed by atoms with Gasteiger partial charge in [0.25, 0.3) is 0 Å². The summed E-state index contributed by atoms with van der Waals surface area (Å²) in [6, 6.07) is 0. The lowest BCUT2D eigenvalue weighted by atomic mass is 10.3. The number of imidazole rings is 1. The van der Waals surface area contributed by atoms with Crippen LogP contribution in [0.3, 0.4) is 0 Å². The molecule has 0 aromatic carbocycles. The number of aliphatic hydroxyl groups excluding tert-OH is 1. The molecule has 0 spiro atoms. The van der Waals surface area contributed by atoms with Crippen LogP contribution in [0.15, 0.2) is 12.4 Å². The highest BCUT2D eigenvalue weighted by Crippen LogP contribution is 2.04. The molecule has 54 valence electrons. The van der Waals surface area contributed by atoms with Crippen molar-refractivity contribution in [1.29, 1.82) is 0 Å². The largest absolute Gasteiger partial charge is 0.479 e. The summed E-state index contributed by atoms with van der Waals surface area (Å²) in [6.07, 6.45) is 1.28. The molecule has 1 aromatic rings. The summed E-state index contributed by atoms with van der Waals surface area (Å²) in [4.78, 5) is 16.1. The molecule has 1 unspecified atom stereocenters. The number of carboxylic acid groups (broad SMARTS) is 1. The van der Waals surface area contributed by atoms with Gasteiger partial charge in [-0.25, -0.2) is 9.78 Å². The van der Waals surface area contributed by atoms with Crippen LogP contribution in [0.25, 0.3) is 0 Å². The summed E-state index contributed by atoms with van der Waals surface area (Å²) in [7, 11) is 0. The Hall–Kier alpha value is -1.36. The summed E-state index contributed by atoms with van der Waals surface area (Å²) < 4.78 is 0. The van der Waals surface area contributed by atoms with E-state index in [4.69, 9.17) is 10.2 Å². The van der Waals surface area contributed by atoms with Gasteiger partial charge in [-0.3, -0.25) is 0 Å². The quantitative estimate of drug-likeness (QED) is 0.521. The fourth-order valence-corrected chi connectivity index (χ4v) is 0.544. The minimum Gasteiger partial charge on any atom is -0.479 e. The van der Waals surface area contributed by atoms with Gasteiger partial charge in [-0.1, -0.05) is 0 Å². The predicted octanol–water partition coefficient (Wildman–Crippen LogP) is -0.472. The van der Waals surface area contributed by atoms with Crippen LogP contribution in [0, 0.1) is 0 Å². The third kappa shape index (κ3) is 1.14. The van der Waals surface area contributed by atoms with Crippen LogP contribution in [0.4, 0.5) is 0 Å². The fourth-order valence-electron chi connectivity index (χ4n) is 0.544. The standard InChI is InChI=1S/C5H6N2O3/c8-3(5(9)10)4-6-1-2-7-4/h1-3,8H,(H,6,7)(H,9,10). The van der Waals surface area contributed by atoms with E-state index >= 15 is 0 Å². The summed E-state index contributed by atoms with van der Waals surface area (Å²) in [5.41, 5.74) is 0. The van der Waals surface area contributed by atoms with E-state index in [9.17, 15) is 4.79 Å².